The molecule has 1 amide bonds. The van der Waals surface area contributed by atoms with E-state index in [-0.39, 0.29) is 13.0 Å². The van der Waals surface area contributed by atoms with Gasteiger partial charge in [-0.3, -0.25) is 4.79 Å². The number of aliphatic hydroxyl groups is 1. The van der Waals surface area contributed by atoms with Crippen LogP contribution >= 0.6 is 0 Å². The van der Waals surface area contributed by atoms with Crippen LogP contribution in [0.1, 0.15) is 16.8 Å². The van der Waals surface area contributed by atoms with E-state index in [4.69, 9.17) is 10.2 Å². The number of hydrogen-bond donors (Lipinski definition) is 3. The molecule has 1 heterocycles. The lowest BCUT2D eigenvalue weighted by Gasteiger charge is -2.13. The number of tetrazole rings is 1. The minimum atomic E-state index is -1.19. The van der Waals surface area contributed by atoms with Gasteiger partial charge >= 0.3 is 5.97 Å². The monoisotopic (exact) mass is 291 g/mol. The van der Waals surface area contributed by atoms with Crippen molar-refractivity contribution in [3.05, 3.63) is 36.2 Å². The topological polar surface area (TPSA) is 130 Å². The Morgan fingerprint density at radius 3 is 2.52 bits per heavy atom. The van der Waals surface area contributed by atoms with Crippen LogP contribution in [-0.4, -0.2) is 54.9 Å². The highest BCUT2D eigenvalue weighted by Crippen LogP contribution is 2.08. The smallest absolute Gasteiger partial charge is 0.326 e. The summed E-state index contributed by atoms with van der Waals surface area (Å²) < 4.78 is 1.42. The van der Waals surface area contributed by atoms with Crippen molar-refractivity contribution in [1.29, 1.82) is 0 Å². The average Bonchev–Trinajstić information content (AvgIpc) is 3.01. The minimum Gasteiger partial charge on any atom is -0.480 e. The number of aromatic nitrogens is 4. The predicted octanol–water partition coefficient (Wildman–Crippen LogP) is -0.772. The van der Waals surface area contributed by atoms with Crippen LogP contribution in [0.2, 0.25) is 0 Å². The Labute approximate surface area is 119 Å². The van der Waals surface area contributed by atoms with Gasteiger partial charge in [0.05, 0.1) is 5.69 Å². The van der Waals surface area contributed by atoms with Crippen molar-refractivity contribution in [3.8, 4) is 5.69 Å². The van der Waals surface area contributed by atoms with Crippen molar-refractivity contribution in [2.75, 3.05) is 6.61 Å². The van der Waals surface area contributed by atoms with Gasteiger partial charge in [-0.2, -0.15) is 0 Å². The van der Waals surface area contributed by atoms with Crippen molar-refractivity contribution in [1.82, 2.24) is 25.5 Å². The van der Waals surface area contributed by atoms with Gasteiger partial charge < -0.3 is 15.5 Å². The Hall–Kier alpha value is -2.81. The van der Waals surface area contributed by atoms with Crippen LogP contribution in [0.15, 0.2) is 30.6 Å². The van der Waals surface area contributed by atoms with Gasteiger partial charge in [-0.05, 0) is 34.7 Å². The standard InChI is InChI=1S/C12H13N5O4/c18-6-5-10(12(20)21)14-11(19)8-1-3-9(4-2-8)17-7-13-15-16-17/h1-4,7,10,18H,5-6H2,(H,14,19)(H,20,21). The van der Waals surface area contributed by atoms with E-state index in [0.29, 0.717) is 11.3 Å². The fraction of sp³-hybridized carbons (Fsp3) is 0.250. The second-order valence-corrected chi connectivity index (χ2v) is 4.18. The van der Waals surface area contributed by atoms with Crippen molar-refractivity contribution in [2.45, 2.75) is 12.5 Å². The Kier molecular flexibility index (Phi) is 4.57. The van der Waals surface area contributed by atoms with Crippen molar-refractivity contribution in [2.24, 2.45) is 0 Å². The summed E-state index contributed by atoms with van der Waals surface area (Å²) in [6.07, 6.45) is 1.36. The van der Waals surface area contributed by atoms with E-state index >= 15 is 0 Å². The van der Waals surface area contributed by atoms with Gasteiger partial charge in [-0.15, -0.1) is 5.10 Å². The van der Waals surface area contributed by atoms with Crippen LogP contribution in [0.4, 0.5) is 0 Å². The highest BCUT2D eigenvalue weighted by Gasteiger charge is 2.19. The number of amides is 1. The Bertz CT molecular complexity index is 611. The highest BCUT2D eigenvalue weighted by atomic mass is 16.4. The van der Waals surface area contributed by atoms with Crippen LogP contribution in [0.25, 0.3) is 5.69 Å². The van der Waals surface area contributed by atoms with Gasteiger partial charge in [0.15, 0.2) is 0 Å². The van der Waals surface area contributed by atoms with E-state index in [9.17, 15) is 9.59 Å². The van der Waals surface area contributed by atoms with Crippen LogP contribution in [-0.2, 0) is 4.79 Å². The van der Waals surface area contributed by atoms with Gasteiger partial charge in [0.2, 0.25) is 0 Å². The van der Waals surface area contributed by atoms with Gasteiger partial charge in [-0.1, -0.05) is 0 Å². The van der Waals surface area contributed by atoms with Crippen molar-refractivity contribution >= 4 is 11.9 Å². The first kappa shape index (κ1) is 14.6. The van der Waals surface area contributed by atoms with Gasteiger partial charge in [0.25, 0.3) is 5.91 Å². The lowest BCUT2D eigenvalue weighted by atomic mass is 10.1. The van der Waals surface area contributed by atoms with Crippen LogP contribution < -0.4 is 5.32 Å². The SMILES string of the molecule is O=C(NC(CCO)C(=O)O)c1ccc(-n2cnnn2)cc1. The number of aliphatic hydroxyl groups excluding tert-OH is 1. The maximum absolute atomic E-state index is 11.9. The molecule has 9 nitrogen and oxygen atoms in total. The van der Waals surface area contributed by atoms with Crippen LogP contribution in [0.3, 0.4) is 0 Å². The predicted molar refractivity (Wildman–Crippen MR) is 69.7 cm³/mol. The summed E-state index contributed by atoms with van der Waals surface area (Å²) in [5.41, 5.74) is 0.970. The Morgan fingerprint density at radius 1 is 1.29 bits per heavy atom. The first-order chi connectivity index (χ1) is 10.1. The number of nitrogens with zero attached hydrogens (tertiary/aromatic N) is 4. The maximum Gasteiger partial charge on any atom is 0.326 e. The second kappa shape index (κ2) is 6.57. The normalized spacial score (nSPS) is 11.9. The zero-order valence-electron chi connectivity index (χ0n) is 10.9. The van der Waals surface area contributed by atoms with Gasteiger partial charge in [0, 0.05) is 18.6 Å². The number of carbonyl (C=O) groups excluding carboxylic acids is 1. The van der Waals surface area contributed by atoms with Gasteiger partial charge in [-0.25, -0.2) is 9.48 Å². The highest BCUT2D eigenvalue weighted by molar-refractivity contribution is 5.96. The third-order valence-corrected chi connectivity index (χ3v) is 2.76. The first-order valence-corrected chi connectivity index (χ1v) is 6.10. The summed E-state index contributed by atoms with van der Waals surface area (Å²) in [5, 5.41) is 30.7. The zero-order valence-corrected chi connectivity index (χ0v) is 10.9. The van der Waals surface area contributed by atoms with E-state index in [1.807, 2.05) is 0 Å². The third-order valence-electron chi connectivity index (χ3n) is 2.76. The number of carbonyl (C=O) groups is 2. The second-order valence-electron chi connectivity index (χ2n) is 4.18. The molecule has 0 fully saturated rings. The largest absolute Gasteiger partial charge is 0.480 e. The number of rotatable bonds is 6. The van der Waals surface area contributed by atoms with Gasteiger partial charge in [0.1, 0.15) is 12.4 Å². The molecule has 21 heavy (non-hydrogen) atoms. The molecule has 1 aromatic carbocycles. The molecule has 1 aromatic heterocycles. The van der Waals surface area contributed by atoms with Crippen LogP contribution in [0, 0.1) is 0 Å². The van der Waals surface area contributed by atoms with E-state index in [1.54, 1.807) is 12.1 Å². The summed E-state index contributed by atoms with van der Waals surface area (Å²) in [5.74, 6) is -1.72. The number of carboxylic acid groups (broad SMARTS) is 1. The Morgan fingerprint density at radius 2 is 2.00 bits per heavy atom. The molecule has 3 N–H and O–H groups in total. The molecule has 0 saturated heterocycles. The summed E-state index contributed by atoms with van der Waals surface area (Å²) in [4.78, 5) is 22.8. The molecular weight excluding hydrogens is 278 g/mol. The molecule has 2 aromatic rings. The third kappa shape index (κ3) is 3.60. The molecule has 9 heteroatoms. The first-order valence-electron chi connectivity index (χ1n) is 6.10. The molecule has 0 saturated carbocycles. The average molecular weight is 291 g/mol. The number of carboxylic acids is 1. The molecule has 0 bridgehead atoms. The van der Waals surface area contributed by atoms with E-state index < -0.39 is 17.9 Å². The molecular formula is C12H13N5O4. The summed E-state index contributed by atoms with van der Waals surface area (Å²) in [6, 6.07) is 5.20. The van der Waals surface area contributed by atoms with Crippen LogP contribution in [0.5, 0.6) is 0 Å². The summed E-state index contributed by atoms with van der Waals surface area (Å²) in [7, 11) is 0. The maximum atomic E-state index is 11.9. The lowest BCUT2D eigenvalue weighted by Crippen LogP contribution is -2.41. The molecule has 0 aliphatic heterocycles. The quantitative estimate of drug-likeness (QED) is 0.636. The van der Waals surface area contributed by atoms with E-state index in [0.717, 1.165) is 0 Å². The fourth-order valence-corrected chi connectivity index (χ4v) is 1.67. The van der Waals surface area contributed by atoms with Crippen molar-refractivity contribution < 1.29 is 19.8 Å². The molecule has 0 aliphatic rings. The number of benzene rings is 1. The minimum absolute atomic E-state index is 0.0518. The lowest BCUT2D eigenvalue weighted by molar-refractivity contribution is -0.139. The summed E-state index contributed by atoms with van der Waals surface area (Å²) in [6.45, 7) is -0.324. The molecule has 0 spiro atoms. The zero-order chi connectivity index (χ0) is 15.2. The fourth-order valence-electron chi connectivity index (χ4n) is 1.67. The number of aliphatic carboxylic acids is 1. The molecule has 110 valence electrons. The number of hydrogen-bond acceptors (Lipinski definition) is 6. The van der Waals surface area contributed by atoms with E-state index in [2.05, 4.69) is 20.8 Å². The number of nitrogens with one attached hydrogen (secondary N) is 1. The molecule has 1 atom stereocenters. The molecule has 0 aliphatic carbocycles. The molecule has 1 unspecified atom stereocenters. The Balaban J connectivity index is 2.07. The molecule has 2 rings (SSSR count). The molecule has 0 radical (unpaired) electrons. The van der Waals surface area contributed by atoms with E-state index in [1.165, 1.54) is 23.1 Å². The van der Waals surface area contributed by atoms with Crippen molar-refractivity contribution in [3.63, 3.8) is 0 Å². The summed E-state index contributed by atoms with van der Waals surface area (Å²) >= 11 is 0.